The van der Waals surface area contributed by atoms with Crippen LogP contribution in [-0.4, -0.2) is 27.7 Å². The quantitative estimate of drug-likeness (QED) is 0.787. The van der Waals surface area contributed by atoms with Gasteiger partial charge < -0.3 is 4.57 Å². The van der Waals surface area contributed by atoms with Gasteiger partial charge in [0.1, 0.15) is 0 Å². The lowest BCUT2D eigenvalue weighted by Gasteiger charge is -2.03. The smallest absolute Gasteiger partial charge is 0.280 e. The monoisotopic (exact) mass is 352 g/mol. The fraction of sp³-hybridized carbons (Fsp3) is 0.333. The summed E-state index contributed by atoms with van der Waals surface area (Å²) < 4.78 is 26.5. The minimum Gasteiger partial charge on any atom is -0.330 e. The summed E-state index contributed by atoms with van der Waals surface area (Å²) >= 11 is 3.44. The lowest BCUT2D eigenvalue weighted by Crippen LogP contribution is -2.04. The highest BCUT2D eigenvalue weighted by Gasteiger charge is 2.15. The van der Waals surface area contributed by atoms with Crippen LogP contribution in [0.25, 0.3) is 0 Å². The highest BCUT2D eigenvalue weighted by atomic mass is 79.9. The molecule has 0 spiro atoms. The molecule has 2 aromatic heterocycles. The standard InChI is InChI=1S/C9H10BrClN4O2S/c1-6-9(10)7(14(2)13-6)3-15-4-8(12-5-15)18(11,16)17/h4-5H,3H2,1-2H3. The molecule has 2 heterocycles. The first-order valence-electron chi connectivity index (χ1n) is 4.93. The topological polar surface area (TPSA) is 69.8 Å². The minimum atomic E-state index is -3.78. The molecule has 0 saturated heterocycles. The number of rotatable bonds is 3. The lowest BCUT2D eigenvalue weighted by atomic mass is 10.3. The van der Waals surface area contributed by atoms with E-state index in [9.17, 15) is 8.42 Å². The molecule has 0 aliphatic rings. The van der Waals surface area contributed by atoms with Crippen LogP contribution in [-0.2, 0) is 22.6 Å². The summed E-state index contributed by atoms with van der Waals surface area (Å²) in [6, 6.07) is 0. The Morgan fingerprint density at radius 3 is 2.61 bits per heavy atom. The van der Waals surface area contributed by atoms with E-state index in [1.807, 2.05) is 14.0 Å². The molecule has 6 nitrogen and oxygen atoms in total. The molecular formula is C9H10BrClN4O2S. The zero-order valence-corrected chi connectivity index (χ0v) is 12.8. The predicted molar refractivity (Wildman–Crippen MR) is 70.0 cm³/mol. The van der Waals surface area contributed by atoms with Crippen LogP contribution in [0.15, 0.2) is 22.0 Å². The summed E-state index contributed by atoms with van der Waals surface area (Å²) in [7, 11) is 3.25. The first-order chi connectivity index (χ1) is 8.29. The second kappa shape index (κ2) is 4.67. The largest absolute Gasteiger partial charge is 0.330 e. The summed E-state index contributed by atoms with van der Waals surface area (Å²) in [5.74, 6) is 0. The number of imidazole rings is 1. The van der Waals surface area contributed by atoms with Crippen LogP contribution in [0.4, 0.5) is 0 Å². The van der Waals surface area contributed by atoms with E-state index in [0.717, 1.165) is 15.9 Å². The molecule has 0 radical (unpaired) electrons. The third-order valence-electron chi connectivity index (χ3n) is 2.45. The fourth-order valence-corrected chi connectivity index (χ4v) is 2.71. The van der Waals surface area contributed by atoms with Gasteiger partial charge in [-0.1, -0.05) is 0 Å². The van der Waals surface area contributed by atoms with Crippen molar-refractivity contribution in [1.82, 2.24) is 19.3 Å². The van der Waals surface area contributed by atoms with Gasteiger partial charge in [0.15, 0.2) is 5.03 Å². The highest BCUT2D eigenvalue weighted by Crippen LogP contribution is 2.21. The third kappa shape index (κ3) is 2.60. The van der Waals surface area contributed by atoms with E-state index in [-0.39, 0.29) is 5.03 Å². The molecule has 9 heteroatoms. The first kappa shape index (κ1) is 13.6. The number of nitrogens with zero attached hydrogens (tertiary/aromatic N) is 4. The molecular weight excluding hydrogens is 344 g/mol. The maximum atomic E-state index is 11.1. The van der Waals surface area contributed by atoms with Crippen LogP contribution < -0.4 is 0 Å². The van der Waals surface area contributed by atoms with Crippen molar-refractivity contribution in [3.63, 3.8) is 0 Å². The second-order valence-electron chi connectivity index (χ2n) is 3.79. The Labute approximate surface area is 117 Å². The average molecular weight is 354 g/mol. The Morgan fingerprint density at radius 1 is 1.50 bits per heavy atom. The summed E-state index contributed by atoms with van der Waals surface area (Å²) in [4.78, 5) is 3.75. The number of hydrogen-bond acceptors (Lipinski definition) is 4. The number of aromatic nitrogens is 4. The Hall–Kier alpha value is -0.860. The van der Waals surface area contributed by atoms with Crippen LogP contribution in [0.3, 0.4) is 0 Å². The average Bonchev–Trinajstić information content (AvgIpc) is 2.80. The lowest BCUT2D eigenvalue weighted by molar-refractivity contribution is 0.606. The Bertz CT molecular complexity index is 691. The molecule has 0 aliphatic heterocycles. The molecule has 0 unspecified atom stereocenters. The first-order valence-corrected chi connectivity index (χ1v) is 8.03. The SMILES string of the molecule is Cc1nn(C)c(Cn2cnc(S(=O)(=O)Cl)c2)c1Br. The van der Waals surface area contributed by atoms with E-state index >= 15 is 0 Å². The summed E-state index contributed by atoms with van der Waals surface area (Å²) in [6.07, 6.45) is 2.81. The number of halogens is 2. The van der Waals surface area contributed by atoms with Crippen LogP contribution in [0.1, 0.15) is 11.4 Å². The Morgan fingerprint density at radius 2 is 2.17 bits per heavy atom. The van der Waals surface area contributed by atoms with Crippen molar-refractivity contribution < 1.29 is 8.42 Å². The highest BCUT2D eigenvalue weighted by molar-refractivity contribution is 9.10. The third-order valence-corrected chi connectivity index (χ3v) is 4.67. The zero-order chi connectivity index (χ0) is 13.5. The summed E-state index contributed by atoms with van der Waals surface area (Å²) in [5, 5.41) is 4.10. The molecule has 0 bridgehead atoms. The van der Waals surface area contributed by atoms with Gasteiger partial charge in [0.25, 0.3) is 9.05 Å². The van der Waals surface area contributed by atoms with Gasteiger partial charge in [0, 0.05) is 23.9 Å². The molecule has 18 heavy (non-hydrogen) atoms. The van der Waals surface area contributed by atoms with E-state index in [1.54, 1.807) is 9.25 Å². The fourth-order valence-electron chi connectivity index (χ4n) is 1.58. The van der Waals surface area contributed by atoms with Gasteiger partial charge in [-0.3, -0.25) is 4.68 Å². The van der Waals surface area contributed by atoms with E-state index in [1.165, 1.54) is 12.5 Å². The van der Waals surface area contributed by atoms with Crippen molar-refractivity contribution in [2.75, 3.05) is 0 Å². The molecule has 2 rings (SSSR count). The zero-order valence-electron chi connectivity index (χ0n) is 9.63. The molecule has 0 atom stereocenters. The molecule has 0 N–H and O–H groups in total. The van der Waals surface area contributed by atoms with Crippen molar-refractivity contribution in [2.24, 2.45) is 7.05 Å². The Balaban J connectivity index is 2.32. The van der Waals surface area contributed by atoms with E-state index in [0.29, 0.717) is 6.54 Å². The van der Waals surface area contributed by atoms with Gasteiger partial charge in [-0.25, -0.2) is 13.4 Å². The van der Waals surface area contributed by atoms with E-state index in [4.69, 9.17) is 10.7 Å². The van der Waals surface area contributed by atoms with E-state index < -0.39 is 9.05 Å². The van der Waals surface area contributed by atoms with Gasteiger partial charge in [-0.05, 0) is 22.9 Å². The maximum Gasteiger partial charge on any atom is 0.280 e. The number of aryl methyl sites for hydroxylation is 2. The van der Waals surface area contributed by atoms with Gasteiger partial charge in [0.05, 0.1) is 28.7 Å². The molecule has 0 aliphatic carbocycles. The molecule has 0 aromatic carbocycles. The van der Waals surface area contributed by atoms with Crippen LogP contribution in [0, 0.1) is 6.92 Å². The number of hydrogen-bond donors (Lipinski definition) is 0. The van der Waals surface area contributed by atoms with Gasteiger partial charge in [-0.15, -0.1) is 0 Å². The normalized spacial score (nSPS) is 12.0. The summed E-state index contributed by atoms with van der Waals surface area (Å²) in [5.41, 5.74) is 1.79. The van der Waals surface area contributed by atoms with Crippen LogP contribution in [0.5, 0.6) is 0 Å². The van der Waals surface area contributed by atoms with Gasteiger partial charge >= 0.3 is 0 Å². The van der Waals surface area contributed by atoms with Crippen molar-refractivity contribution in [2.45, 2.75) is 18.5 Å². The Kier molecular flexibility index (Phi) is 3.52. The second-order valence-corrected chi connectivity index (χ2v) is 7.10. The van der Waals surface area contributed by atoms with Crippen molar-refractivity contribution >= 4 is 35.7 Å². The summed E-state index contributed by atoms with van der Waals surface area (Å²) in [6.45, 7) is 2.34. The molecule has 0 saturated carbocycles. The van der Waals surface area contributed by atoms with Gasteiger partial charge in [0.2, 0.25) is 0 Å². The maximum absolute atomic E-state index is 11.1. The van der Waals surface area contributed by atoms with Crippen LogP contribution in [0.2, 0.25) is 0 Å². The molecule has 0 fully saturated rings. The van der Waals surface area contributed by atoms with Crippen LogP contribution >= 0.6 is 26.6 Å². The van der Waals surface area contributed by atoms with Gasteiger partial charge in [-0.2, -0.15) is 5.10 Å². The molecule has 0 amide bonds. The molecule has 2 aromatic rings. The molecule has 98 valence electrons. The minimum absolute atomic E-state index is 0.154. The van der Waals surface area contributed by atoms with E-state index in [2.05, 4.69) is 26.0 Å². The van der Waals surface area contributed by atoms with Crippen molar-refractivity contribution in [1.29, 1.82) is 0 Å². The van der Waals surface area contributed by atoms with Crippen molar-refractivity contribution in [3.05, 3.63) is 28.4 Å². The van der Waals surface area contributed by atoms with Crippen molar-refractivity contribution in [3.8, 4) is 0 Å². The predicted octanol–water partition coefficient (Wildman–Crippen LogP) is 1.66.